The van der Waals surface area contributed by atoms with Crippen molar-refractivity contribution in [2.24, 2.45) is 4.99 Å². The average molecular weight is 510 g/mol. The van der Waals surface area contributed by atoms with E-state index in [1.54, 1.807) is 13.0 Å². The van der Waals surface area contributed by atoms with Crippen LogP contribution in [0.1, 0.15) is 36.6 Å². The third-order valence-electron chi connectivity index (χ3n) is 5.10. The summed E-state index contributed by atoms with van der Waals surface area (Å²) in [7, 11) is 0. The Balaban J connectivity index is 1.76. The number of carbonyl (C=O) groups is 1. The molecule has 0 aromatic heterocycles. The minimum Gasteiger partial charge on any atom is -0.488 e. The van der Waals surface area contributed by atoms with E-state index in [2.05, 4.69) is 27.0 Å². The number of amidine groups is 1. The molecule has 0 spiro atoms. The molecule has 162 valence electrons. The monoisotopic (exact) mass is 509 g/mol. The molecule has 2 heterocycles. The summed E-state index contributed by atoms with van der Waals surface area (Å²) in [5, 5.41) is 12.1. The fourth-order valence-corrected chi connectivity index (χ4v) is 4.82. The summed E-state index contributed by atoms with van der Waals surface area (Å²) in [4.78, 5) is 19.5. The summed E-state index contributed by atoms with van der Waals surface area (Å²) in [5.41, 5.74) is 3.26. The number of aliphatic imine (C=N–C) groups is 1. The van der Waals surface area contributed by atoms with Gasteiger partial charge in [0.25, 0.3) is 0 Å². The van der Waals surface area contributed by atoms with Gasteiger partial charge in [-0.15, -0.1) is 0 Å². The molecule has 8 heteroatoms. The van der Waals surface area contributed by atoms with Gasteiger partial charge in [-0.3, -0.25) is 0 Å². The van der Waals surface area contributed by atoms with Crippen LogP contribution in [0, 0.1) is 11.3 Å². The van der Waals surface area contributed by atoms with Gasteiger partial charge in [-0.05, 0) is 43.5 Å². The zero-order valence-corrected chi connectivity index (χ0v) is 19.9. The van der Waals surface area contributed by atoms with E-state index in [0.29, 0.717) is 22.6 Å². The van der Waals surface area contributed by atoms with Crippen LogP contribution in [0.5, 0.6) is 5.75 Å². The van der Waals surface area contributed by atoms with E-state index in [4.69, 9.17) is 9.47 Å². The van der Waals surface area contributed by atoms with Crippen LogP contribution < -0.4 is 4.74 Å². The fraction of sp³-hybridized carbons (Fsp3) is 0.208. The number of esters is 1. The molecule has 4 rings (SSSR count). The van der Waals surface area contributed by atoms with Gasteiger partial charge in [0.1, 0.15) is 12.4 Å². The topological polar surface area (TPSA) is 74.9 Å². The third-order valence-corrected chi connectivity index (χ3v) is 6.37. The van der Waals surface area contributed by atoms with Crippen LogP contribution in [0.3, 0.4) is 0 Å². The quantitative estimate of drug-likeness (QED) is 0.467. The van der Waals surface area contributed by atoms with E-state index in [1.165, 1.54) is 11.8 Å². The van der Waals surface area contributed by atoms with Gasteiger partial charge in [0.15, 0.2) is 5.17 Å². The van der Waals surface area contributed by atoms with Crippen molar-refractivity contribution >= 4 is 38.8 Å². The number of carbonyl (C=O) groups excluding carboxylic acids is 1. The van der Waals surface area contributed by atoms with Gasteiger partial charge in [0.2, 0.25) is 0 Å². The summed E-state index contributed by atoms with van der Waals surface area (Å²) >= 11 is 5.06. The highest BCUT2D eigenvalue weighted by atomic mass is 79.9. The Morgan fingerprint density at radius 2 is 2.12 bits per heavy atom. The molecule has 0 aliphatic carbocycles. The predicted octanol–water partition coefficient (Wildman–Crippen LogP) is 5.67. The lowest BCUT2D eigenvalue weighted by Gasteiger charge is -2.34. The van der Waals surface area contributed by atoms with E-state index in [0.717, 1.165) is 20.8 Å². The Morgan fingerprint density at radius 1 is 1.31 bits per heavy atom. The summed E-state index contributed by atoms with van der Waals surface area (Å²) in [6.45, 7) is 4.11. The lowest BCUT2D eigenvalue weighted by Crippen LogP contribution is -2.34. The lowest BCUT2D eigenvalue weighted by atomic mass is 9.94. The maximum atomic E-state index is 12.9. The molecule has 2 aromatic rings. The lowest BCUT2D eigenvalue weighted by molar-refractivity contribution is -0.139. The first-order chi connectivity index (χ1) is 15.5. The number of nitrogens with zero attached hydrogens (tertiary/aromatic N) is 3. The van der Waals surface area contributed by atoms with Crippen LogP contribution in [0.15, 0.2) is 74.8 Å². The van der Waals surface area contributed by atoms with Gasteiger partial charge >= 0.3 is 5.97 Å². The zero-order chi connectivity index (χ0) is 22.7. The number of ether oxygens (including phenoxy) is 2. The van der Waals surface area contributed by atoms with Crippen molar-refractivity contribution in [1.29, 1.82) is 5.26 Å². The molecule has 0 saturated heterocycles. The van der Waals surface area contributed by atoms with Crippen molar-refractivity contribution in [3.63, 3.8) is 0 Å². The highest BCUT2D eigenvalue weighted by Crippen LogP contribution is 2.44. The summed E-state index contributed by atoms with van der Waals surface area (Å²) in [6.07, 6.45) is 1.91. The van der Waals surface area contributed by atoms with Crippen molar-refractivity contribution < 1.29 is 14.3 Å². The van der Waals surface area contributed by atoms with Crippen LogP contribution in [-0.4, -0.2) is 22.6 Å². The molecule has 0 saturated carbocycles. The Kier molecular flexibility index (Phi) is 6.68. The number of rotatable bonds is 6. The summed E-state index contributed by atoms with van der Waals surface area (Å²) in [6, 6.07) is 14.8. The molecular weight excluding hydrogens is 490 g/mol. The number of halogens is 1. The summed E-state index contributed by atoms with van der Waals surface area (Å²) in [5.74, 6) is 0.218. The van der Waals surface area contributed by atoms with E-state index in [-0.39, 0.29) is 13.2 Å². The Morgan fingerprint density at radius 3 is 2.91 bits per heavy atom. The first kappa shape index (κ1) is 22.2. The van der Waals surface area contributed by atoms with Crippen molar-refractivity contribution in [1.82, 2.24) is 4.90 Å². The van der Waals surface area contributed by atoms with Crippen molar-refractivity contribution in [2.75, 3.05) is 6.61 Å². The molecule has 0 amide bonds. The minimum absolute atomic E-state index is 0.230. The molecule has 0 unspecified atom stereocenters. The van der Waals surface area contributed by atoms with Crippen LogP contribution in [0.2, 0.25) is 0 Å². The second-order valence-corrected chi connectivity index (χ2v) is 8.86. The SMILES string of the molecule is CCOC(=O)C1=C(C)N=C2SC=CN2[C@H]1c1cc(Br)ccc1OCc1ccccc1C#N. The Hall–Kier alpha value is -3.02. The van der Waals surface area contributed by atoms with Crippen molar-refractivity contribution in [2.45, 2.75) is 26.5 Å². The first-order valence-corrected chi connectivity index (χ1v) is 11.7. The van der Waals surface area contributed by atoms with Crippen LogP contribution in [-0.2, 0) is 16.1 Å². The maximum absolute atomic E-state index is 12.9. The molecule has 2 aliphatic heterocycles. The highest BCUT2D eigenvalue weighted by Gasteiger charge is 2.39. The smallest absolute Gasteiger partial charge is 0.338 e. The summed E-state index contributed by atoms with van der Waals surface area (Å²) < 4.78 is 12.4. The number of hydrogen-bond donors (Lipinski definition) is 0. The van der Waals surface area contributed by atoms with Gasteiger partial charge in [0, 0.05) is 21.8 Å². The number of nitriles is 1. The van der Waals surface area contributed by atoms with E-state index >= 15 is 0 Å². The molecule has 0 bridgehead atoms. The highest BCUT2D eigenvalue weighted by molar-refractivity contribution is 9.10. The van der Waals surface area contributed by atoms with Crippen LogP contribution in [0.4, 0.5) is 0 Å². The molecule has 32 heavy (non-hydrogen) atoms. The molecule has 0 N–H and O–H groups in total. The number of thioether (sulfide) groups is 1. The number of hydrogen-bond acceptors (Lipinski definition) is 7. The molecule has 2 aromatic carbocycles. The second-order valence-electron chi connectivity index (χ2n) is 7.07. The molecule has 0 radical (unpaired) electrons. The van der Waals surface area contributed by atoms with Gasteiger partial charge in [-0.2, -0.15) is 5.26 Å². The van der Waals surface area contributed by atoms with E-state index in [1.807, 2.05) is 59.8 Å². The molecular formula is C24H20BrN3O3S. The predicted molar refractivity (Wildman–Crippen MR) is 128 cm³/mol. The number of allylic oxidation sites excluding steroid dienone is 1. The van der Waals surface area contributed by atoms with Gasteiger partial charge in [-0.1, -0.05) is 45.9 Å². The fourth-order valence-electron chi connectivity index (χ4n) is 3.65. The van der Waals surface area contributed by atoms with Crippen LogP contribution >= 0.6 is 27.7 Å². The zero-order valence-electron chi connectivity index (χ0n) is 17.5. The standard InChI is InChI=1S/C24H20BrN3O3S/c1-3-30-23(29)21-15(2)27-24-28(10-11-32-24)22(21)19-12-18(25)8-9-20(19)31-14-17-7-5-4-6-16(17)13-26/h4-12,22H,3,14H2,1-2H3/t22-/m0/s1. The minimum atomic E-state index is -0.452. The largest absolute Gasteiger partial charge is 0.488 e. The maximum Gasteiger partial charge on any atom is 0.338 e. The second kappa shape index (κ2) is 9.63. The number of benzene rings is 2. The van der Waals surface area contributed by atoms with Gasteiger partial charge < -0.3 is 14.4 Å². The molecule has 2 aliphatic rings. The molecule has 6 nitrogen and oxygen atoms in total. The molecule has 1 atom stereocenters. The Labute approximate surface area is 199 Å². The van der Waals surface area contributed by atoms with Crippen molar-refractivity contribution in [3.05, 3.63) is 86.5 Å². The normalized spacial score (nSPS) is 17.0. The average Bonchev–Trinajstić information content (AvgIpc) is 3.25. The third kappa shape index (κ3) is 4.31. The first-order valence-electron chi connectivity index (χ1n) is 10.0. The van der Waals surface area contributed by atoms with Crippen LogP contribution in [0.25, 0.3) is 0 Å². The Bertz CT molecular complexity index is 1200. The van der Waals surface area contributed by atoms with E-state index in [9.17, 15) is 10.1 Å². The van der Waals surface area contributed by atoms with E-state index < -0.39 is 12.0 Å². The van der Waals surface area contributed by atoms with Gasteiger partial charge in [-0.25, -0.2) is 9.79 Å². The molecule has 0 fully saturated rings. The van der Waals surface area contributed by atoms with Crippen molar-refractivity contribution in [3.8, 4) is 11.8 Å². The van der Waals surface area contributed by atoms with Gasteiger partial charge in [0.05, 0.1) is 35.6 Å². The number of fused-ring (bicyclic) bond motifs is 1.